The van der Waals surface area contributed by atoms with Gasteiger partial charge in [-0.15, -0.1) is 0 Å². The molecule has 25 heavy (non-hydrogen) atoms. The summed E-state index contributed by atoms with van der Waals surface area (Å²) in [4.78, 5) is 25.7. The number of hydrogen-bond acceptors (Lipinski definition) is 5. The monoisotopic (exact) mass is 344 g/mol. The number of likely N-dealkylation sites (N-methyl/N-ethyl adjacent to an activating group) is 1. The highest BCUT2D eigenvalue weighted by Gasteiger charge is 2.23. The predicted octanol–water partition coefficient (Wildman–Crippen LogP) is 1.45. The lowest BCUT2D eigenvalue weighted by atomic mass is 10.0. The van der Waals surface area contributed by atoms with E-state index in [2.05, 4.69) is 40.1 Å². The second-order valence-corrected chi connectivity index (χ2v) is 6.36. The first kappa shape index (κ1) is 19.0. The highest BCUT2D eigenvalue weighted by molar-refractivity contribution is 5.73. The second kappa shape index (κ2) is 9.84. The average Bonchev–Trinajstić information content (AvgIpc) is 2.65. The number of likely N-dealkylation sites (tertiary alicyclic amines) is 1. The number of rotatable bonds is 10. The smallest absolute Gasteiger partial charge is 0.211 e. The van der Waals surface area contributed by atoms with E-state index >= 15 is 0 Å². The van der Waals surface area contributed by atoms with Gasteiger partial charge in [0, 0.05) is 31.4 Å². The third-order valence-electron chi connectivity index (χ3n) is 4.82. The van der Waals surface area contributed by atoms with Crippen LogP contribution in [0.5, 0.6) is 0 Å². The van der Waals surface area contributed by atoms with E-state index in [9.17, 15) is 9.59 Å². The lowest BCUT2D eigenvalue weighted by Crippen LogP contribution is -2.45. The molecule has 0 spiro atoms. The molecule has 1 aliphatic rings. The summed E-state index contributed by atoms with van der Waals surface area (Å²) < 4.78 is 0. The Hall–Kier alpha value is -2.34. The summed E-state index contributed by atoms with van der Waals surface area (Å²) in [5.41, 5.74) is 2.04. The molecule has 1 fully saturated rings. The Kier molecular flexibility index (Phi) is 7.47. The largest absolute Gasteiger partial charge is 0.365 e. The van der Waals surface area contributed by atoms with E-state index in [0.717, 1.165) is 68.7 Å². The summed E-state index contributed by atoms with van der Waals surface area (Å²) >= 11 is 0. The molecule has 1 amide bonds. The van der Waals surface area contributed by atoms with Crippen molar-refractivity contribution in [3.05, 3.63) is 42.2 Å². The summed E-state index contributed by atoms with van der Waals surface area (Å²) in [6, 6.07) is 8.47. The predicted molar refractivity (Wildman–Crippen MR) is 100 cm³/mol. The molecule has 0 bridgehead atoms. The van der Waals surface area contributed by atoms with Crippen LogP contribution in [0.2, 0.25) is 0 Å². The van der Waals surface area contributed by atoms with Gasteiger partial charge in [0.05, 0.1) is 12.4 Å². The van der Waals surface area contributed by atoms with Gasteiger partial charge < -0.3 is 25.2 Å². The number of para-hydroxylation sites is 1. The lowest BCUT2D eigenvalue weighted by molar-refractivity contribution is -0.107. The number of carbonyl (C=O) groups excluding carboxylic acids is 2. The maximum absolute atomic E-state index is 10.7. The molecular formula is C19H28N4O2. The van der Waals surface area contributed by atoms with Crippen molar-refractivity contribution in [1.82, 2.24) is 15.1 Å². The van der Waals surface area contributed by atoms with Gasteiger partial charge in [-0.3, -0.25) is 4.79 Å². The summed E-state index contributed by atoms with van der Waals surface area (Å²) in [5, 5.41) is 5.79. The molecule has 0 atom stereocenters. The van der Waals surface area contributed by atoms with Crippen molar-refractivity contribution in [3.8, 4) is 0 Å². The molecule has 136 valence electrons. The van der Waals surface area contributed by atoms with Crippen LogP contribution in [0.4, 0.5) is 5.69 Å². The highest BCUT2D eigenvalue weighted by Crippen LogP contribution is 2.19. The Labute approximate surface area is 149 Å². The number of amides is 1. The number of nitrogens with zero attached hydrogens (tertiary/aromatic N) is 2. The first-order valence-electron chi connectivity index (χ1n) is 8.75. The fourth-order valence-corrected chi connectivity index (χ4v) is 3.27. The van der Waals surface area contributed by atoms with Gasteiger partial charge in [-0.1, -0.05) is 24.8 Å². The van der Waals surface area contributed by atoms with Crippen LogP contribution in [-0.2, 0) is 16.0 Å². The molecule has 1 aromatic carbocycles. The molecule has 0 aliphatic carbocycles. The van der Waals surface area contributed by atoms with E-state index in [4.69, 9.17) is 0 Å². The third-order valence-corrected chi connectivity index (χ3v) is 4.82. The molecule has 1 heterocycles. The van der Waals surface area contributed by atoms with Crippen LogP contribution in [0.1, 0.15) is 18.4 Å². The van der Waals surface area contributed by atoms with E-state index in [-0.39, 0.29) is 0 Å². The zero-order valence-electron chi connectivity index (χ0n) is 14.9. The van der Waals surface area contributed by atoms with Crippen molar-refractivity contribution < 1.29 is 9.59 Å². The van der Waals surface area contributed by atoms with Crippen LogP contribution in [0.3, 0.4) is 0 Å². The molecule has 1 aromatic rings. The Bertz CT molecular complexity index is 583. The summed E-state index contributed by atoms with van der Waals surface area (Å²) in [5.74, 6) is 0.835. The number of piperidine rings is 1. The SMILES string of the molecule is C=C(NCC=O)N1CCC(N(C)CCc2ccccc2NC=O)CC1. The van der Waals surface area contributed by atoms with Gasteiger partial charge in [-0.05, 0) is 37.9 Å². The van der Waals surface area contributed by atoms with E-state index < -0.39 is 0 Å². The maximum atomic E-state index is 10.7. The summed E-state index contributed by atoms with van der Waals surface area (Å²) in [6.45, 7) is 7.15. The van der Waals surface area contributed by atoms with Crippen molar-refractivity contribution in [2.45, 2.75) is 25.3 Å². The number of carbonyl (C=O) groups is 2. The minimum Gasteiger partial charge on any atom is -0.365 e. The van der Waals surface area contributed by atoms with Gasteiger partial charge in [-0.2, -0.15) is 0 Å². The number of hydrogen-bond donors (Lipinski definition) is 2. The van der Waals surface area contributed by atoms with Gasteiger partial charge in [0.1, 0.15) is 6.29 Å². The summed E-state index contributed by atoms with van der Waals surface area (Å²) in [7, 11) is 2.16. The summed E-state index contributed by atoms with van der Waals surface area (Å²) in [6.07, 6.45) is 4.63. The topological polar surface area (TPSA) is 64.7 Å². The van der Waals surface area contributed by atoms with Crippen LogP contribution in [-0.4, -0.2) is 61.8 Å². The van der Waals surface area contributed by atoms with Crippen molar-refractivity contribution in [3.63, 3.8) is 0 Å². The van der Waals surface area contributed by atoms with Crippen LogP contribution < -0.4 is 10.6 Å². The van der Waals surface area contributed by atoms with Gasteiger partial charge >= 0.3 is 0 Å². The van der Waals surface area contributed by atoms with Crippen molar-refractivity contribution in [1.29, 1.82) is 0 Å². The van der Waals surface area contributed by atoms with Crippen molar-refractivity contribution >= 4 is 18.4 Å². The normalized spacial score (nSPS) is 15.0. The first-order valence-corrected chi connectivity index (χ1v) is 8.75. The minimum atomic E-state index is 0.312. The molecule has 0 unspecified atom stereocenters. The Morgan fingerprint density at radius 1 is 1.32 bits per heavy atom. The molecule has 0 saturated carbocycles. The molecule has 0 aromatic heterocycles. The number of anilines is 1. The third kappa shape index (κ3) is 5.60. The quantitative estimate of drug-likeness (QED) is 0.629. The van der Waals surface area contributed by atoms with Crippen LogP contribution in [0.25, 0.3) is 0 Å². The molecule has 2 N–H and O–H groups in total. The fraction of sp³-hybridized carbons (Fsp3) is 0.474. The molecule has 6 heteroatoms. The van der Waals surface area contributed by atoms with Gasteiger partial charge in [0.15, 0.2) is 0 Å². The Balaban J connectivity index is 1.79. The molecule has 1 saturated heterocycles. The van der Waals surface area contributed by atoms with Crippen molar-refractivity contribution in [2.24, 2.45) is 0 Å². The van der Waals surface area contributed by atoms with Gasteiger partial charge in [0.25, 0.3) is 0 Å². The molecule has 1 aliphatic heterocycles. The molecule has 6 nitrogen and oxygen atoms in total. The van der Waals surface area contributed by atoms with E-state index in [1.54, 1.807) is 0 Å². The van der Waals surface area contributed by atoms with E-state index in [0.29, 0.717) is 12.6 Å². The van der Waals surface area contributed by atoms with E-state index in [1.165, 1.54) is 0 Å². The standard InChI is InChI=1S/C19H28N4O2/c1-16(20-10-14-24)23-12-8-18(9-13-23)22(2)11-7-17-5-3-4-6-19(17)21-15-25/h3-6,14-15,18,20H,1,7-13H2,2H3,(H,21,25). The first-order chi connectivity index (χ1) is 12.2. The Morgan fingerprint density at radius 3 is 2.72 bits per heavy atom. The molecule has 0 radical (unpaired) electrons. The lowest BCUT2D eigenvalue weighted by Gasteiger charge is -2.38. The second-order valence-electron chi connectivity index (χ2n) is 6.36. The van der Waals surface area contributed by atoms with Crippen LogP contribution in [0, 0.1) is 0 Å². The fourth-order valence-electron chi connectivity index (χ4n) is 3.27. The Morgan fingerprint density at radius 2 is 2.04 bits per heavy atom. The highest BCUT2D eigenvalue weighted by atomic mass is 16.1. The molecular weight excluding hydrogens is 316 g/mol. The van der Waals surface area contributed by atoms with E-state index in [1.807, 2.05) is 18.2 Å². The number of aldehydes is 1. The van der Waals surface area contributed by atoms with Gasteiger partial charge in [-0.25, -0.2) is 0 Å². The maximum Gasteiger partial charge on any atom is 0.211 e. The average molecular weight is 344 g/mol. The zero-order chi connectivity index (χ0) is 18.1. The zero-order valence-corrected chi connectivity index (χ0v) is 14.9. The number of benzene rings is 1. The van der Waals surface area contributed by atoms with Crippen LogP contribution in [0.15, 0.2) is 36.7 Å². The van der Waals surface area contributed by atoms with Gasteiger partial charge in [0.2, 0.25) is 6.41 Å². The number of nitrogens with one attached hydrogen (secondary N) is 2. The molecule has 2 rings (SSSR count). The van der Waals surface area contributed by atoms with Crippen LogP contribution >= 0.6 is 0 Å². The van der Waals surface area contributed by atoms with Crippen molar-refractivity contribution in [2.75, 3.05) is 38.5 Å². The minimum absolute atomic E-state index is 0.312.